The minimum Gasteiger partial charge on any atom is -0.295 e. The van der Waals surface area contributed by atoms with Gasteiger partial charge in [-0.25, -0.2) is 21.5 Å². The zero-order valence-electron chi connectivity index (χ0n) is 10.8. The highest BCUT2D eigenvalue weighted by molar-refractivity contribution is 5.97. The van der Waals surface area contributed by atoms with Crippen LogP contribution in [-0.2, 0) is 0 Å². The topological polar surface area (TPSA) is 92.7 Å². The van der Waals surface area contributed by atoms with E-state index < -0.39 is 6.03 Å². The molecule has 0 heterocycles. The fraction of sp³-hybridized carbons (Fsp3) is 0.333. The highest BCUT2D eigenvalue weighted by Gasteiger charge is 2.19. The Morgan fingerprint density at radius 1 is 1.22 bits per heavy atom. The average molecular weight is 250 g/mol. The number of amides is 2. The molecule has 0 aliphatic rings. The van der Waals surface area contributed by atoms with Gasteiger partial charge in [-0.05, 0) is 32.9 Å². The molecule has 1 aromatic carbocycles. The molecule has 0 unspecified atom stereocenters. The molecule has 6 nitrogen and oxygen atoms in total. The number of carbonyl (C=O) groups excluding carboxylic acids is 2. The van der Waals surface area contributed by atoms with Gasteiger partial charge >= 0.3 is 6.03 Å². The fourth-order valence-corrected chi connectivity index (χ4v) is 1.33. The van der Waals surface area contributed by atoms with Gasteiger partial charge in [0, 0.05) is 11.6 Å². The van der Waals surface area contributed by atoms with Gasteiger partial charge in [-0.3, -0.25) is 9.80 Å². The average Bonchev–Trinajstić information content (AvgIpc) is 2.36. The van der Waals surface area contributed by atoms with Gasteiger partial charge in [-0.1, -0.05) is 12.1 Å². The van der Waals surface area contributed by atoms with Crippen molar-refractivity contribution < 1.29 is 9.59 Å². The molecule has 2 amide bonds. The Kier molecular flexibility index (Phi) is 4.41. The number of hydrogen-bond acceptors (Lipinski definition) is 4. The van der Waals surface area contributed by atoms with Crippen LogP contribution in [0.25, 0.3) is 0 Å². The van der Waals surface area contributed by atoms with Gasteiger partial charge in [0.1, 0.15) is 0 Å². The van der Waals surface area contributed by atoms with Crippen LogP contribution in [0, 0.1) is 0 Å². The summed E-state index contributed by atoms with van der Waals surface area (Å²) in [5.41, 5.74) is 0.910. The summed E-state index contributed by atoms with van der Waals surface area (Å²) in [5, 5.41) is 1.95. The van der Waals surface area contributed by atoms with E-state index in [4.69, 9.17) is 11.7 Å². The molecular formula is C12H18N4O2. The van der Waals surface area contributed by atoms with Gasteiger partial charge < -0.3 is 0 Å². The van der Waals surface area contributed by atoms with Gasteiger partial charge in [0.15, 0.2) is 5.78 Å². The minimum atomic E-state index is -0.536. The van der Waals surface area contributed by atoms with Crippen molar-refractivity contribution in [1.82, 2.24) is 5.01 Å². The van der Waals surface area contributed by atoms with Crippen molar-refractivity contribution in [2.75, 3.05) is 5.01 Å². The number of nitrogens with two attached hydrogens (primary N) is 2. The van der Waals surface area contributed by atoms with E-state index in [1.807, 2.05) is 0 Å². The van der Waals surface area contributed by atoms with E-state index in [0.717, 1.165) is 10.0 Å². The molecular weight excluding hydrogens is 232 g/mol. The molecule has 0 saturated carbocycles. The molecule has 0 aliphatic heterocycles. The van der Waals surface area contributed by atoms with Crippen molar-refractivity contribution in [1.29, 1.82) is 0 Å². The normalized spacial score (nSPS) is 10.3. The molecule has 0 aliphatic carbocycles. The van der Waals surface area contributed by atoms with E-state index in [1.165, 1.54) is 6.92 Å². The van der Waals surface area contributed by atoms with Crippen molar-refractivity contribution >= 4 is 17.5 Å². The van der Waals surface area contributed by atoms with Gasteiger partial charge in [-0.15, -0.1) is 0 Å². The van der Waals surface area contributed by atoms with E-state index in [0.29, 0.717) is 11.3 Å². The number of benzene rings is 1. The summed E-state index contributed by atoms with van der Waals surface area (Å²) in [6.07, 6.45) is 0. The largest absolute Gasteiger partial charge is 0.353 e. The predicted octanol–water partition coefficient (Wildman–Crippen LogP) is 1.27. The van der Waals surface area contributed by atoms with E-state index in [2.05, 4.69) is 0 Å². The van der Waals surface area contributed by atoms with Crippen molar-refractivity contribution in [2.45, 2.75) is 26.8 Å². The second-order valence-electron chi connectivity index (χ2n) is 4.26. The third kappa shape index (κ3) is 3.06. The molecule has 0 radical (unpaired) electrons. The Labute approximate surface area is 106 Å². The SMILES string of the molecule is CC(=O)c1cccc(N(N)C(=O)N(N)C(C)C)c1. The summed E-state index contributed by atoms with van der Waals surface area (Å²) in [6.45, 7) is 5.00. The summed E-state index contributed by atoms with van der Waals surface area (Å²) in [7, 11) is 0. The molecule has 1 rings (SSSR count). The second kappa shape index (κ2) is 5.61. The first-order valence-corrected chi connectivity index (χ1v) is 5.58. The van der Waals surface area contributed by atoms with Crippen LogP contribution in [0.15, 0.2) is 24.3 Å². The van der Waals surface area contributed by atoms with Crippen LogP contribution in [0.5, 0.6) is 0 Å². The Balaban J connectivity index is 2.96. The molecule has 0 fully saturated rings. The number of anilines is 1. The Morgan fingerprint density at radius 2 is 1.83 bits per heavy atom. The van der Waals surface area contributed by atoms with Crippen LogP contribution in [0.4, 0.5) is 10.5 Å². The predicted molar refractivity (Wildman–Crippen MR) is 69.7 cm³/mol. The molecule has 6 heteroatoms. The van der Waals surface area contributed by atoms with Crippen molar-refractivity contribution in [3.63, 3.8) is 0 Å². The lowest BCUT2D eigenvalue weighted by Gasteiger charge is -2.26. The van der Waals surface area contributed by atoms with Gasteiger partial charge in [0.2, 0.25) is 0 Å². The van der Waals surface area contributed by atoms with E-state index in [1.54, 1.807) is 38.1 Å². The van der Waals surface area contributed by atoms with Crippen LogP contribution in [0.3, 0.4) is 0 Å². The number of hydrogen-bond donors (Lipinski definition) is 2. The maximum atomic E-state index is 11.9. The van der Waals surface area contributed by atoms with E-state index in [-0.39, 0.29) is 11.8 Å². The summed E-state index contributed by atoms with van der Waals surface area (Å²) < 4.78 is 0. The smallest absolute Gasteiger partial charge is 0.295 e. The molecule has 0 spiro atoms. The van der Waals surface area contributed by atoms with E-state index in [9.17, 15) is 9.59 Å². The molecule has 0 atom stereocenters. The maximum absolute atomic E-state index is 11.9. The van der Waals surface area contributed by atoms with Crippen molar-refractivity contribution in [3.05, 3.63) is 29.8 Å². The Hall–Kier alpha value is -1.92. The van der Waals surface area contributed by atoms with Crippen molar-refractivity contribution in [2.24, 2.45) is 11.7 Å². The number of urea groups is 1. The van der Waals surface area contributed by atoms with Crippen LogP contribution in [0.1, 0.15) is 31.1 Å². The summed E-state index contributed by atoms with van der Waals surface area (Å²) in [5.74, 6) is 11.2. The number of Topliss-reactive ketones (excluding diaryl/α,β-unsaturated/α-hetero) is 1. The molecule has 0 bridgehead atoms. The zero-order chi connectivity index (χ0) is 13.9. The highest BCUT2D eigenvalue weighted by Crippen LogP contribution is 2.15. The van der Waals surface area contributed by atoms with Crippen LogP contribution < -0.4 is 16.7 Å². The standard InChI is InChI=1S/C12H18N4O2/c1-8(2)15(13)12(18)16(14)11-6-4-5-10(7-11)9(3)17/h4-8H,13-14H2,1-3H3. The zero-order valence-corrected chi connectivity index (χ0v) is 10.8. The Morgan fingerprint density at radius 3 is 2.33 bits per heavy atom. The van der Waals surface area contributed by atoms with Gasteiger partial charge in [-0.2, -0.15) is 0 Å². The maximum Gasteiger partial charge on any atom is 0.353 e. The summed E-state index contributed by atoms with van der Waals surface area (Å²) >= 11 is 0. The van der Waals surface area contributed by atoms with E-state index >= 15 is 0 Å². The monoisotopic (exact) mass is 250 g/mol. The molecule has 0 aromatic heterocycles. The third-order valence-electron chi connectivity index (χ3n) is 2.51. The molecule has 4 N–H and O–H groups in total. The molecule has 0 saturated heterocycles. The molecule has 98 valence electrons. The number of nitrogens with zero attached hydrogens (tertiary/aromatic N) is 2. The number of hydrazine groups is 2. The first-order chi connectivity index (χ1) is 8.34. The number of rotatable bonds is 3. The first kappa shape index (κ1) is 14.1. The Bertz CT molecular complexity index is 459. The van der Waals surface area contributed by atoms with Crippen molar-refractivity contribution in [3.8, 4) is 0 Å². The molecule has 1 aromatic rings. The quantitative estimate of drug-likeness (QED) is 0.366. The summed E-state index contributed by atoms with van der Waals surface area (Å²) in [4.78, 5) is 23.1. The lowest BCUT2D eigenvalue weighted by molar-refractivity contribution is 0.101. The summed E-state index contributed by atoms with van der Waals surface area (Å²) in [6, 6.07) is 5.81. The van der Waals surface area contributed by atoms with Crippen LogP contribution in [0.2, 0.25) is 0 Å². The lowest BCUT2D eigenvalue weighted by Crippen LogP contribution is -2.53. The van der Waals surface area contributed by atoms with Crippen LogP contribution >= 0.6 is 0 Å². The number of carbonyl (C=O) groups is 2. The third-order valence-corrected chi connectivity index (χ3v) is 2.51. The van der Waals surface area contributed by atoms with Crippen LogP contribution in [-0.4, -0.2) is 22.9 Å². The van der Waals surface area contributed by atoms with Gasteiger partial charge in [0.05, 0.1) is 5.69 Å². The second-order valence-corrected chi connectivity index (χ2v) is 4.26. The first-order valence-electron chi connectivity index (χ1n) is 5.58. The number of ketones is 1. The molecule has 18 heavy (non-hydrogen) atoms. The lowest BCUT2D eigenvalue weighted by atomic mass is 10.1. The fourth-order valence-electron chi connectivity index (χ4n) is 1.33. The van der Waals surface area contributed by atoms with Gasteiger partial charge in [0.25, 0.3) is 0 Å². The minimum absolute atomic E-state index is 0.0915. The highest BCUT2D eigenvalue weighted by atomic mass is 16.2.